The third-order valence-electron chi connectivity index (χ3n) is 2.18. The molecule has 0 unspecified atom stereocenters. The van der Waals surface area contributed by atoms with Crippen molar-refractivity contribution in [2.45, 2.75) is 0 Å². The number of thiocarbonyl (C=S) groups is 1. The molecule has 0 spiro atoms. The summed E-state index contributed by atoms with van der Waals surface area (Å²) in [6.45, 7) is 0. The van der Waals surface area contributed by atoms with E-state index in [0.29, 0.717) is 0 Å². The zero-order valence-electron chi connectivity index (χ0n) is 9.31. The van der Waals surface area contributed by atoms with Crippen LogP contribution in [0.1, 0.15) is 5.56 Å². The highest BCUT2D eigenvalue weighted by molar-refractivity contribution is 8.30. The molecule has 16 heavy (non-hydrogen) atoms. The zero-order valence-corrected chi connectivity index (χ0v) is 10.9. The van der Waals surface area contributed by atoms with Crippen molar-refractivity contribution in [2.75, 3.05) is 14.1 Å². The van der Waals surface area contributed by atoms with Crippen molar-refractivity contribution in [1.82, 2.24) is 4.90 Å². The molecule has 1 aromatic rings. The van der Waals surface area contributed by atoms with E-state index >= 15 is 0 Å². The standard InChI is InChI=1S/C13H13NS2/c1-14(2)9-11-8-12(16-13(11)15)10-6-4-3-5-7-10/h3-9H,1-2H3. The summed E-state index contributed by atoms with van der Waals surface area (Å²) in [5.74, 6) is 0. The maximum Gasteiger partial charge on any atom is 0.0841 e. The average Bonchev–Trinajstić information content (AvgIpc) is 2.61. The first-order chi connectivity index (χ1) is 7.66. The SMILES string of the molecule is CN(C)C=C1C=C(c2ccccc2)SC1=S. The molecule has 0 aliphatic carbocycles. The summed E-state index contributed by atoms with van der Waals surface area (Å²) < 4.78 is 0.951. The Bertz CT molecular complexity index is 458. The van der Waals surface area contributed by atoms with Gasteiger partial charge in [0.05, 0.1) is 4.20 Å². The summed E-state index contributed by atoms with van der Waals surface area (Å²) in [6.07, 6.45) is 4.22. The second kappa shape index (κ2) is 4.85. The monoisotopic (exact) mass is 247 g/mol. The molecule has 1 heterocycles. The Morgan fingerprint density at radius 3 is 2.50 bits per heavy atom. The molecule has 0 radical (unpaired) electrons. The lowest BCUT2D eigenvalue weighted by Gasteiger charge is -2.04. The van der Waals surface area contributed by atoms with Crippen LogP contribution in [0.15, 0.2) is 48.2 Å². The highest BCUT2D eigenvalue weighted by atomic mass is 32.2. The molecule has 0 amide bonds. The summed E-state index contributed by atoms with van der Waals surface area (Å²) >= 11 is 7.02. The number of benzene rings is 1. The van der Waals surface area contributed by atoms with Gasteiger partial charge in [-0.15, -0.1) is 0 Å². The Balaban J connectivity index is 2.30. The Hall–Kier alpha value is -1.06. The number of allylic oxidation sites excluding steroid dienone is 1. The van der Waals surface area contributed by atoms with Crippen LogP contribution in [0.2, 0.25) is 0 Å². The van der Waals surface area contributed by atoms with Crippen LogP contribution in [0, 0.1) is 0 Å². The lowest BCUT2D eigenvalue weighted by atomic mass is 10.2. The first-order valence-electron chi connectivity index (χ1n) is 5.04. The minimum Gasteiger partial charge on any atom is -0.383 e. The molecular weight excluding hydrogens is 234 g/mol. The van der Waals surface area contributed by atoms with E-state index in [1.807, 2.05) is 37.2 Å². The van der Waals surface area contributed by atoms with E-state index in [1.165, 1.54) is 10.5 Å². The van der Waals surface area contributed by atoms with Crippen LogP contribution in [0.4, 0.5) is 0 Å². The van der Waals surface area contributed by atoms with Crippen LogP contribution in [0.25, 0.3) is 4.91 Å². The van der Waals surface area contributed by atoms with Gasteiger partial charge in [-0.1, -0.05) is 54.3 Å². The minimum atomic E-state index is 0.951. The second-order valence-corrected chi connectivity index (χ2v) is 5.53. The molecule has 0 saturated heterocycles. The van der Waals surface area contributed by atoms with Crippen LogP contribution >= 0.6 is 24.0 Å². The summed E-state index contributed by atoms with van der Waals surface area (Å²) in [6, 6.07) is 10.3. The molecule has 2 rings (SSSR count). The van der Waals surface area contributed by atoms with Gasteiger partial charge in [0.15, 0.2) is 0 Å². The molecule has 1 aromatic carbocycles. The lowest BCUT2D eigenvalue weighted by molar-refractivity contribution is 0.562. The second-order valence-electron chi connectivity index (χ2n) is 3.81. The molecule has 0 atom stereocenters. The molecule has 1 aliphatic heterocycles. The Morgan fingerprint density at radius 2 is 1.88 bits per heavy atom. The molecule has 0 aromatic heterocycles. The Kier molecular flexibility index (Phi) is 3.46. The van der Waals surface area contributed by atoms with E-state index in [-0.39, 0.29) is 0 Å². The Labute approximate surface area is 106 Å². The van der Waals surface area contributed by atoms with Gasteiger partial charge in [0.25, 0.3) is 0 Å². The van der Waals surface area contributed by atoms with Crippen molar-refractivity contribution in [3.8, 4) is 0 Å². The lowest BCUT2D eigenvalue weighted by Crippen LogP contribution is -2.03. The smallest absolute Gasteiger partial charge is 0.0841 e. The van der Waals surface area contributed by atoms with Crippen molar-refractivity contribution in [3.63, 3.8) is 0 Å². The molecule has 0 N–H and O–H groups in total. The van der Waals surface area contributed by atoms with Gasteiger partial charge >= 0.3 is 0 Å². The molecule has 0 saturated carbocycles. The van der Waals surface area contributed by atoms with E-state index in [2.05, 4.69) is 24.4 Å². The van der Waals surface area contributed by atoms with E-state index in [1.54, 1.807) is 11.8 Å². The van der Waals surface area contributed by atoms with Crippen molar-refractivity contribution in [3.05, 3.63) is 53.7 Å². The fraction of sp³-hybridized carbons (Fsp3) is 0.154. The number of hydrogen-bond donors (Lipinski definition) is 0. The van der Waals surface area contributed by atoms with Crippen LogP contribution < -0.4 is 0 Å². The molecule has 82 valence electrons. The number of thioether (sulfide) groups is 1. The number of nitrogens with zero attached hydrogens (tertiary/aromatic N) is 1. The maximum absolute atomic E-state index is 5.35. The van der Waals surface area contributed by atoms with Gasteiger partial charge in [0.2, 0.25) is 0 Å². The largest absolute Gasteiger partial charge is 0.383 e. The minimum absolute atomic E-state index is 0.951. The third kappa shape index (κ3) is 2.54. The first-order valence-corrected chi connectivity index (χ1v) is 6.27. The summed E-state index contributed by atoms with van der Waals surface area (Å²) in [5, 5.41) is 0. The normalized spacial score (nSPS) is 17.8. The van der Waals surface area contributed by atoms with Gasteiger partial charge in [0, 0.05) is 30.8 Å². The molecule has 0 fully saturated rings. The van der Waals surface area contributed by atoms with Crippen LogP contribution in [-0.4, -0.2) is 23.2 Å². The molecule has 3 heteroatoms. The number of rotatable bonds is 2. The number of hydrogen-bond acceptors (Lipinski definition) is 3. The molecule has 1 aliphatic rings. The van der Waals surface area contributed by atoms with E-state index < -0.39 is 0 Å². The van der Waals surface area contributed by atoms with Gasteiger partial charge in [0.1, 0.15) is 0 Å². The van der Waals surface area contributed by atoms with E-state index in [4.69, 9.17) is 12.2 Å². The highest BCUT2D eigenvalue weighted by Crippen LogP contribution is 2.38. The Morgan fingerprint density at radius 1 is 1.19 bits per heavy atom. The average molecular weight is 247 g/mol. The van der Waals surface area contributed by atoms with Crippen LogP contribution in [0.5, 0.6) is 0 Å². The van der Waals surface area contributed by atoms with Gasteiger partial charge in [-0.2, -0.15) is 0 Å². The highest BCUT2D eigenvalue weighted by Gasteiger charge is 2.17. The van der Waals surface area contributed by atoms with Gasteiger partial charge in [-0.3, -0.25) is 0 Å². The maximum atomic E-state index is 5.35. The first kappa shape index (κ1) is 11.4. The summed E-state index contributed by atoms with van der Waals surface area (Å²) in [7, 11) is 4.02. The molecular formula is C13H13NS2. The fourth-order valence-corrected chi connectivity index (χ4v) is 2.75. The van der Waals surface area contributed by atoms with Crippen molar-refractivity contribution < 1.29 is 0 Å². The molecule has 0 bridgehead atoms. The predicted molar refractivity (Wildman–Crippen MR) is 76.4 cm³/mol. The van der Waals surface area contributed by atoms with E-state index in [0.717, 1.165) is 9.77 Å². The van der Waals surface area contributed by atoms with Crippen molar-refractivity contribution in [2.24, 2.45) is 0 Å². The third-order valence-corrected chi connectivity index (χ3v) is 3.66. The topological polar surface area (TPSA) is 3.24 Å². The van der Waals surface area contributed by atoms with Gasteiger partial charge in [-0.25, -0.2) is 0 Å². The van der Waals surface area contributed by atoms with Gasteiger partial charge in [-0.05, 0) is 11.6 Å². The summed E-state index contributed by atoms with van der Waals surface area (Å²) in [5.41, 5.74) is 2.36. The van der Waals surface area contributed by atoms with E-state index in [9.17, 15) is 0 Å². The fourth-order valence-electron chi connectivity index (χ4n) is 1.50. The van der Waals surface area contributed by atoms with Crippen molar-refractivity contribution >= 4 is 33.1 Å². The molecule has 1 nitrogen and oxygen atoms in total. The summed E-state index contributed by atoms with van der Waals surface area (Å²) in [4.78, 5) is 3.26. The van der Waals surface area contributed by atoms with Gasteiger partial charge < -0.3 is 4.90 Å². The zero-order chi connectivity index (χ0) is 11.5. The van der Waals surface area contributed by atoms with Crippen LogP contribution in [0.3, 0.4) is 0 Å². The predicted octanol–water partition coefficient (Wildman–Crippen LogP) is 3.55. The van der Waals surface area contributed by atoms with Crippen molar-refractivity contribution in [1.29, 1.82) is 0 Å². The van der Waals surface area contributed by atoms with Crippen LogP contribution in [-0.2, 0) is 0 Å². The quantitative estimate of drug-likeness (QED) is 0.581.